The molecule has 0 radical (unpaired) electrons. The summed E-state index contributed by atoms with van der Waals surface area (Å²) < 4.78 is 10.2. The first-order valence-corrected chi connectivity index (χ1v) is 4.87. The number of anilines is 1. The van der Waals surface area contributed by atoms with E-state index >= 15 is 0 Å². The highest BCUT2D eigenvalue weighted by Gasteiger charge is 2.11. The number of nitrogens with two attached hydrogens (primary N) is 1. The highest BCUT2D eigenvalue weighted by molar-refractivity contribution is 5.95. The van der Waals surface area contributed by atoms with Crippen LogP contribution in [0.15, 0.2) is 18.2 Å². The fraction of sp³-hybridized carbons (Fsp3) is 0.364. The second-order valence-corrected chi connectivity index (χ2v) is 3.34. The lowest BCUT2D eigenvalue weighted by Crippen LogP contribution is -2.32. The zero-order valence-corrected chi connectivity index (χ0v) is 10.8. The van der Waals surface area contributed by atoms with Crippen LogP contribution in [0.5, 0.6) is 11.5 Å². The Morgan fingerprint density at radius 1 is 1.35 bits per heavy atom. The summed E-state index contributed by atoms with van der Waals surface area (Å²) in [4.78, 5) is 11.4. The van der Waals surface area contributed by atoms with Crippen LogP contribution in [0.1, 0.15) is 6.92 Å². The van der Waals surface area contributed by atoms with E-state index in [1.165, 1.54) is 7.11 Å². The van der Waals surface area contributed by atoms with Crippen molar-refractivity contribution >= 4 is 24.0 Å². The van der Waals surface area contributed by atoms with Gasteiger partial charge in [0.15, 0.2) is 0 Å². The largest absolute Gasteiger partial charge is 0.497 e. The Labute approximate surface area is 107 Å². The Morgan fingerprint density at radius 2 is 2.00 bits per heavy atom. The van der Waals surface area contributed by atoms with Crippen molar-refractivity contribution in [3.63, 3.8) is 0 Å². The molecule has 17 heavy (non-hydrogen) atoms. The molecule has 1 unspecified atom stereocenters. The minimum absolute atomic E-state index is 0. The molecule has 0 saturated heterocycles. The standard InChI is InChI=1S/C11H16N2O3.ClH/c1-7(12)11(14)13-9-5-4-8(15-2)6-10(9)16-3;/h4-7H,12H2,1-3H3,(H,13,14);1H. The highest BCUT2D eigenvalue weighted by atomic mass is 35.5. The van der Waals surface area contributed by atoms with E-state index in [-0.39, 0.29) is 18.3 Å². The molecule has 1 aromatic carbocycles. The molecule has 0 aliphatic heterocycles. The minimum Gasteiger partial charge on any atom is -0.497 e. The van der Waals surface area contributed by atoms with Crippen molar-refractivity contribution in [3.8, 4) is 11.5 Å². The number of ether oxygens (including phenoxy) is 2. The number of halogens is 1. The Balaban J connectivity index is 0.00000256. The number of carbonyl (C=O) groups is 1. The van der Waals surface area contributed by atoms with E-state index in [0.717, 1.165) is 0 Å². The van der Waals surface area contributed by atoms with Crippen LogP contribution < -0.4 is 20.5 Å². The maximum Gasteiger partial charge on any atom is 0.241 e. The van der Waals surface area contributed by atoms with Gasteiger partial charge in [-0.05, 0) is 19.1 Å². The molecule has 0 aliphatic rings. The predicted octanol–water partition coefficient (Wildman–Crippen LogP) is 1.41. The maximum atomic E-state index is 11.4. The summed E-state index contributed by atoms with van der Waals surface area (Å²) in [5, 5.41) is 2.67. The number of nitrogens with one attached hydrogen (secondary N) is 1. The summed E-state index contributed by atoms with van der Waals surface area (Å²) in [7, 11) is 3.09. The summed E-state index contributed by atoms with van der Waals surface area (Å²) in [5.74, 6) is 0.937. The van der Waals surface area contributed by atoms with E-state index in [2.05, 4.69) is 5.32 Å². The molecular formula is C11H17ClN2O3. The molecule has 1 atom stereocenters. The highest BCUT2D eigenvalue weighted by Crippen LogP contribution is 2.28. The third-order valence-electron chi connectivity index (χ3n) is 2.08. The summed E-state index contributed by atoms with van der Waals surface area (Å²) in [6, 6.07) is 4.57. The van der Waals surface area contributed by atoms with Gasteiger partial charge in [0.2, 0.25) is 5.91 Å². The maximum absolute atomic E-state index is 11.4. The summed E-state index contributed by atoms with van der Waals surface area (Å²) in [6.07, 6.45) is 0. The van der Waals surface area contributed by atoms with E-state index in [1.54, 1.807) is 32.2 Å². The van der Waals surface area contributed by atoms with Crippen LogP contribution in [-0.2, 0) is 4.79 Å². The minimum atomic E-state index is -0.563. The zero-order chi connectivity index (χ0) is 12.1. The SMILES string of the molecule is COc1ccc(NC(=O)C(C)N)c(OC)c1.Cl. The van der Waals surface area contributed by atoms with Gasteiger partial charge in [0.25, 0.3) is 0 Å². The van der Waals surface area contributed by atoms with E-state index in [1.807, 2.05) is 0 Å². The first-order valence-electron chi connectivity index (χ1n) is 4.87. The number of hydrogen-bond acceptors (Lipinski definition) is 4. The van der Waals surface area contributed by atoms with E-state index in [9.17, 15) is 4.79 Å². The van der Waals surface area contributed by atoms with Gasteiger partial charge in [0, 0.05) is 6.07 Å². The molecule has 0 spiro atoms. The van der Waals surface area contributed by atoms with E-state index in [0.29, 0.717) is 17.2 Å². The van der Waals surface area contributed by atoms with Crippen LogP contribution in [-0.4, -0.2) is 26.2 Å². The van der Waals surface area contributed by atoms with Crippen molar-refractivity contribution in [2.24, 2.45) is 5.73 Å². The molecule has 0 heterocycles. The Morgan fingerprint density at radius 3 is 2.47 bits per heavy atom. The molecule has 6 heteroatoms. The van der Waals surface area contributed by atoms with Gasteiger partial charge in [0.05, 0.1) is 25.9 Å². The fourth-order valence-electron chi connectivity index (χ4n) is 1.15. The number of carbonyl (C=O) groups excluding carboxylic acids is 1. The summed E-state index contributed by atoms with van der Waals surface area (Å²) >= 11 is 0. The predicted molar refractivity (Wildman–Crippen MR) is 69.1 cm³/mol. The molecule has 1 amide bonds. The molecule has 0 saturated carbocycles. The van der Waals surface area contributed by atoms with Crippen molar-refractivity contribution in [1.82, 2.24) is 0 Å². The lowest BCUT2D eigenvalue weighted by molar-refractivity contribution is -0.117. The first-order chi connectivity index (χ1) is 7.58. The van der Waals surface area contributed by atoms with Gasteiger partial charge in [-0.3, -0.25) is 4.79 Å². The quantitative estimate of drug-likeness (QED) is 0.859. The van der Waals surface area contributed by atoms with Gasteiger partial charge in [-0.25, -0.2) is 0 Å². The molecule has 0 fully saturated rings. The molecule has 5 nitrogen and oxygen atoms in total. The molecule has 0 aromatic heterocycles. The molecule has 0 aliphatic carbocycles. The van der Waals surface area contributed by atoms with Crippen molar-refractivity contribution in [2.75, 3.05) is 19.5 Å². The topological polar surface area (TPSA) is 73.6 Å². The fourth-order valence-corrected chi connectivity index (χ4v) is 1.15. The number of hydrogen-bond donors (Lipinski definition) is 2. The van der Waals surface area contributed by atoms with Gasteiger partial charge < -0.3 is 20.5 Å². The van der Waals surface area contributed by atoms with Gasteiger partial charge in [-0.2, -0.15) is 0 Å². The molecule has 1 aromatic rings. The Kier molecular flexibility index (Phi) is 6.38. The normalized spacial score (nSPS) is 11.1. The van der Waals surface area contributed by atoms with Crippen molar-refractivity contribution in [2.45, 2.75) is 13.0 Å². The molecule has 3 N–H and O–H groups in total. The van der Waals surface area contributed by atoms with Crippen LogP contribution in [0.3, 0.4) is 0 Å². The molecule has 0 bridgehead atoms. The third-order valence-corrected chi connectivity index (χ3v) is 2.08. The monoisotopic (exact) mass is 260 g/mol. The van der Waals surface area contributed by atoms with Gasteiger partial charge in [-0.15, -0.1) is 12.4 Å². The van der Waals surface area contributed by atoms with E-state index < -0.39 is 6.04 Å². The van der Waals surface area contributed by atoms with Crippen molar-refractivity contribution < 1.29 is 14.3 Å². The Hall–Kier alpha value is -1.46. The molecule has 1 rings (SSSR count). The van der Waals surface area contributed by atoms with Gasteiger partial charge in [0.1, 0.15) is 11.5 Å². The zero-order valence-electron chi connectivity index (χ0n) is 10.0. The van der Waals surface area contributed by atoms with Crippen LogP contribution >= 0.6 is 12.4 Å². The van der Waals surface area contributed by atoms with Gasteiger partial charge >= 0.3 is 0 Å². The second-order valence-electron chi connectivity index (χ2n) is 3.34. The van der Waals surface area contributed by atoms with Crippen LogP contribution in [0.4, 0.5) is 5.69 Å². The number of methoxy groups -OCH3 is 2. The smallest absolute Gasteiger partial charge is 0.241 e. The number of amides is 1. The molecule has 96 valence electrons. The van der Waals surface area contributed by atoms with Gasteiger partial charge in [-0.1, -0.05) is 0 Å². The van der Waals surface area contributed by atoms with Crippen molar-refractivity contribution in [1.29, 1.82) is 0 Å². The number of rotatable bonds is 4. The average molecular weight is 261 g/mol. The molecular weight excluding hydrogens is 244 g/mol. The lowest BCUT2D eigenvalue weighted by Gasteiger charge is -2.12. The first kappa shape index (κ1) is 15.5. The van der Waals surface area contributed by atoms with Crippen molar-refractivity contribution in [3.05, 3.63) is 18.2 Å². The summed E-state index contributed by atoms with van der Waals surface area (Å²) in [5.41, 5.74) is 6.03. The van der Waals surface area contributed by atoms with Crippen LogP contribution in [0.2, 0.25) is 0 Å². The third kappa shape index (κ3) is 4.13. The average Bonchev–Trinajstić information content (AvgIpc) is 2.29. The Bertz CT molecular complexity index is 383. The lowest BCUT2D eigenvalue weighted by atomic mass is 10.2. The summed E-state index contributed by atoms with van der Waals surface area (Å²) in [6.45, 7) is 1.62. The van der Waals surface area contributed by atoms with E-state index in [4.69, 9.17) is 15.2 Å². The van der Waals surface area contributed by atoms with Crippen LogP contribution in [0.25, 0.3) is 0 Å². The van der Waals surface area contributed by atoms with Crippen LogP contribution in [0, 0.1) is 0 Å². The number of benzene rings is 1. The second kappa shape index (κ2) is 6.98.